The van der Waals surface area contributed by atoms with Crippen molar-refractivity contribution in [3.05, 3.63) is 105 Å². The Bertz CT molecular complexity index is 2140. The molecule has 1 amide bonds. The molecular formula is C36H34Cl2N6O6. The molecule has 12 nitrogen and oxygen atoms in total. The van der Waals surface area contributed by atoms with Crippen molar-refractivity contribution in [2.24, 2.45) is 0 Å². The second-order valence-corrected chi connectivity index (χ2v) is 12.6. The number of rotatable bonds is 13. The van der Waals surface area contributed by atoms with Crippen molar-refractivity contribution in [1.82, 2.24) is 30.3 Å². The monoisotopic (exact) mass is 716 g/mol. The van der Waals surface area contributed by atoms with Crippen LogP contribution in [0, 0.1) is 0 Å². The molecule has 1 aliphatic rings. The molecule has 14 heteroatoms. The number of carbonyl (C=O) groups is 2. The normalized spacial score (nSPS) is 14.9. The van der Waals surface area contributed by atoms with E-state index in [4.69, 9.17) is 38.0 Å². The molecule has 1 aliphatic heterocycles. The highest BCUT2D eigenvalue weighted by Gasteiger charge is 2.21. The Morgan fingerprint density at radius 3 is 2.42 bits per heavy atom. The number of carboxylic acids is 1. The predicted octanol–water partition coefficient (Wildman–Crippen LogP) is 4.31. The van der Waals surface area contributed by atoms with Gasteiger partial charge in [0.05, 0.1) is 35.0 Å². The number of ether oxygens (including phenoxy) is 1. The van der Waals surface area contributed by atoms with Crippen LogP contribution in [0.25, 0.3) is 39.2 Å². The largest absolute Gasteiger partial charge is 0.481 e. The maximum Gasteiger partial charge on any atom is 0.323 e. The molecule has 2 atom stereocenters. The fourth-order valence-electron chi connectivity index (χ4n) is 5.91. The number of benzene rings is 2. The van der Waals surface area contributed by atoms with E-state index in [0.29, 0.717) is 69.0 Å². The number of hydrogen-bond acceptors (Lipinski definition) is 9. The van der Waals surface area contributed by atoms with E-state index >= 15 is 0 Å². The fraction of sp³-hybridized carbons (Fsp3) is 0.250. The number of pyridine rings is 2. The lowest BCUT2D eigenvalue weighted by molar-refractivity contribution is -0.140. The summed E-state index contributed by atoms with van der Waals surface area (Å²) in [4.78, 5) is 45.0. The number of aromatic nitrogens is 3. The van der Waals surface area contributed by atoms with E-state index < -0.39 is 18.6 Å². The molecule has 1 saturated heterocycles. The molecule has 3 aromatic heterocycles. The molecule has 258 valence electrons. The van der Waals surface area contributed by atoms with Crippen molar-refractivity contribution in [3.8, 4) is 39.4 Å². The van der Waals surface area contributed by atoms with Crippen LogP contribution in [-0.4, -0.2) is 68.8 Å². The van der Waals surface area contributed by atoms with Gasteiger partial charge in [-0.15, -0.1) is 0 Å². The first kappa shape index (κ1) is 35.0. The highest BCUT2D eigenvalue weighted by molar-refractivity contribution is 6.39. The van der Waals surface area contributed by atoms with Crippen molar-refractivity contribution < 1.29 is 24.5 Å². The lowest BCUT2D eigenvalue weighted by Gasteiger charge is -2.16. The van der Waals surface area contributed by atoms with Crippen molar-refractivity contribution in [1.29, 1.82) is 0 Å². The number of carbonyl (C=O) groups excluding carboxylic acids is 1. The van der Waals surface area contributed by atoms with Crippen LogP contribution in [0.5, 0.6) is 5.88 Å². The summed E-state index contributed by atoms with van der Waals surface area (Å²) in [7, 11) is 1.57. The first-order chi connectivity index (χ1) is 24.2. The quantitative estimate of drug-likeness (QED) is 0.119. The smallest absolute Gasteiger partial charge is 0.323 e. The summed E-state index contributed by atoms with van der Waals surface area (Å²) in [6.07, 6.45) is 4.34. The molecule has 0 saturated carbocycles. The summed E-state index contributed by atoms with van der Waals surface area (Å²) in [6, 6.07) is 17.5. The molecule has 2 aromatic carbocycles. The van der Waals surface area contributed by atoms with Gasteiger partial charge in [-0.05, 0) is 30.2 Å². The predicted molar refractivity (Wildman–Crippen MR) is 190 cm³/mol. The minimum absolute atomic E-state index is 0.0756. The van der Waals surface area contributed by atoms with E-state index in [1.54, 1.807) is 25.4 Å². The van der Waals surface area contributed by atoms with E-state index in [9.17, 15) is 19.5 Å². The SMILES string of the molecule is COc1nc(-c2cccc(-c3cccc(-c4ccn5c(=O)c(CNC(CO)C(=O)O)cnc5c4)c3Cl)c2Cl)ccc1CNC[C@@H]1CCC(=O)N1. The van der Waals surface area contributed by atoms with Crippen molar-refractivity contribution in [3.63, 3.8) is 0 Å². The number of amides is 1. The minimum atomic E-state index is -1.22. The summed E-state index contributed by atoms with van der Waals surface area (Å²) in [6.45, 7) is 0.486. The zero-order valence-electron chi connectivity index (χ0n) is 27.0. The summed E-state index contributed by atoms with van der Waals surface area (Å²) in [5.74, 6) is -0.674. The van der Waals surface area contributed by atoms with Crippen LogP contribution < -0.4 is 26.2 Å². The number of hydrogen-bond donors (Lipinski definition) is 5. The number of aliphatic hydroxyl groups excluding tert-OH is 1. The van der Waals surface area contributed by atoms with Crippen LogP contribution in [-0.2, 0) is 22.7 Å². The van der Waals surface area contributed by atoms with Crippen molar-refractivity contribution in [2.45, 2.75) is 38.0 Å². The average Bonchev–Trinajstić information content (AvgIpc) is 3.54. The summed E-state index contributed by atoms with van der Waals surface area (Å²) >= 11 is 14.1. The van der Waals surface area contributed by atoms with Crippen LogP contribution in [0.1, 0.15) is 24.0 Å². The third kappa shape index (κ3) is 7.35. The molecule has 1 unspecified atom stereocenters. The third-order valence-corrected chi connectivity index (χ3v) is 9.41. The van der Waals surface area contributed by atoms with Gasteiger partial charge in [0.15, 0.2) is 0 Å². The molecule has 50 heavy (non-hydrogen) atoms. The molecule has 0 radical (unpaired) electrons. The maximum absolute atomic E-state index is 13.1. The van der Waals surface area contributed by atoms with Crippen LogP contribution >= 0.6 is 23.2 Å². The molecular weight excluding hydrogens is 683 g/mol. The van der Waals surface area contributed by atoms with Crippen molar-refractivity contribution in [2.75, 3.05) is 20.3 Å². The number of methoxy groups -OCH3 is 1. The Labute approximate surface area is 297 Å². The second kappa shape index (κ2) is 15.4. The number of nitrogens with one attached hydrogen (secondary N) is 3. The fourth-order valence-corrected chi connectivity index (χ4v) is 6.57. The van der Waals surface area contributed by atoms with Gasteiger partial charge in [-0.2, -0.15) is 0 Å². The summed E-state index contributed by atoms with van der Waals surface area (Å²) in [5, 5.41) is 28.3. The highest BCUT2D eigenvalue weighted by Crippen LogP contribution is 2.42. The Hall–Kier alpha value is -4.85. The molecule has 4 heterocycles. The minimum Gasteiger partial charge on any atom is -0.481 e. The van der Waals surface area contributed by atoms with Crippen LogP contribution in [0.3, 0.4) is 0 Å². The molecule has 1 fully saturated rings. The van der Waals surface area contributed by atoms with Gasteiger partial charge < -0.3 is 25.6 Å². The second-order valence-electron chi connectivity index (χ2n) is 11.8. The number of carboxylic acid groups (broad SMARTS) is 1. The van der Waals surface area contributed by atoms with Crippen LogP contribution in [0.2, 0.25) is 10.0 Å². The summed E-state index contributed by atoms with van der Waals surface area (Å²) < 4.78 is 6.99. The maximum atomic E-state index is 13.1. The Morgan fingerprint density at radius 1 is 1.02 bits per heavy atom. The molecule has 0 spiro atoms. The first-order valence-electron chi connectivity index (χ1n) is 15.9. The van der Waals surface area contributed by atoms with E-state index in [1.165, 1.54) is 10.6 Å². The third-order valence-electron chi connectivity index (χ3n) is 8.60. The number of aliphatic carboxylic acids is 1. The topological polar surface area (TPSA) is 167 Å². The van der Waals surface area contributed by atoms with Gasteiger partial charge in [-0.1, -0.05) is 65.7 Å². The average molecular weight is 718 g/mol. The van der Waals surface area contributed by atoms with Gasteiger partial charge >= 0.3 is 5.97 Å². The molecule has 0 aliphatic carbocycles. The van der Waals surface area contributed by atoms with E-state index in [2.05, 4.69) is 20.9 Å². The van der Waals surface area contributed by atoms with Gasteiger partial charge in [0.25, 0.3) is 5.56 Å². The van der Waals surface area contributed by atoms with Gasteiger partial charge in [-0.25, -0.2) is 9.97 Å². The lowest BCUT2D eigenvalue weighted by Crippen LogP contribution is -2.40. The number of fused-ring (bicyclic) bond motifs is 1. The van der Waals surface area contributed by atoms with Gasteiger partial charge in [-0.3, -0.25) is 24.1 Å². The lowest BCUT2D eigenvalue weighted by atomic mass is 9.97. The Morgan fingerprint density at radius 2 is 1.74 bits per heavy atom. The van der Waals surface area contributed by atoms with Crippen LogP contribution in [0.15, 0.2) is 77.9 Å². The number of nitrogens with zero attached hydrogens (tertiary/aromatic N) is 3. The first-order valence-corrected chi connectivity index (χ1v) is 16.6. The zero-order chi connectivity index (χ0) is 35.4. The van der Waals surface area contributed by atoms with Gasteiger partial charge in [0.1, 0.15) is 11.7 Å². The molecule has 5 aromatic rings. The van der Waals surface area contributed by atoms with E-state index in [1.807, 2.05) is 48.5 Å². The molecule has 0 bridgehead atoms. The standard InChI is InChI=1S/C36H34Cl2N6O6/c1-50-34-21(15-39-18-23-9-11-31(46)42-23)8-10-28(43-34)27-7-3-6-26(33(27)38)25-5-2-4-24(32(25)37)20-12-13-44-30(14-20)41-17-22(35(44)47)16-40-29(19-45)36(48)49/h2-8,10,12-14,17,23,29,39-40,45H,9,11,15-16,18-19H2,1H3,(H,42,46)(H,48,49)/t23-,29?/m0/s1. The Balaban J connectivity index is 1.25. The highest BCUT2D eigenvalue weighted by atomic mass is 35.5. The summed E-state index contributed by atoms with van der Waals surface area (Å²) in [5.41, 5.74) is 5.28. The molecule has 6 rings (SSSR count). The van der Waals surface area contributed by atoms with Gasteiger partial charge in [0, 0.05) is 72.3 Å². The Kier molecular flexibility index (Phi) is 10.8. The molecule has 5 N–H and O–H groups in total. The van der Waals surface area contributed by atoms with Gasteiger partial charge in [0.2, 0.25) is 11.8 Å². The van der Waals surface area contributed by atoms with E-state index in [-0.39, 0.29) is 29.6 Å². The van der Waals surface area contributed by atoms with E-state index in [0.717, 1.165) is 17.5 Å². The van der Waals surface area contributed by atoms with Crippen LogP contribution in [0.4, 0.5) is 0 Å². The zero-order valence-corrected chi connectivity index (χ0v) is 28.5. The van der Waals surface area contributed by atoms with Crippen molar-refractivity contribution >= 4 is 40.7 Å². The number of halogens is 2. The number of aliphatic hydroxyl groups is 1.